The summed E-state index contributed by atoms with van der Waals surface area (Å²) in [6.45, 7) is 0. The summed E-state index contributed by atoms with van der Waals surface area (Å²) in [7, 11) is 0. The van der Waals surface area contributed by atoms with E-state index in [1.807, 2.05) is 103 Å². The molecule has 0 spiro atoms. The molecule has 11 rings (SSSR count). The van der Waals surface area contributed by atoms with E-state index in [1.165, 1.54) is 5.39 Å². The monoisotopic (exact) mass is 717 g/mol. The van der Waals surface area contributed by atoms with Crippen molar-refractivity contribution in [3.63, 3.8) is 0 Å². The lowest BCUT2D eigenvalue weighted by molar-refractivity contribution is 0.669. The fraction of sp³-hybridized carbons (Fsp3) is 0. The fourth-order valence-corrected chi connectivity index (χ4v) is 7.91. The van der Waals surface area contributed by atoms with Gasteiger partial charge in [0.25, 0.3) is 0 Å². The quantitative estimate of drug-likeness (QED) is 0.171. The molecule has 0 atom stereocenters. The van der Waals surface area contributed by atoms with Gasteiger partial charge in [0.05, 0.1) is 16.7 Å². The Hall–Kier alpha value is -7.70. The topological polar surface area (TPSA) is 69.6 Å². The van der Waals surface area contributed by atoms with Gasteiger partial charge in [-0.05, 0) is 42.0 Å². The second-order valence-electron chi connectivity index (χ2n) is 13.9. The van der Waals surface area contributed by atoms with Crippen molar-refractivity contribution in [3.8, 4) is 62.2 Å². The third kappa shape index (κ3) is 5.27. The van der Waals surface area contributed by atoms with Gasteiger partial charge in [0.15, 0.2) is 17.5 Å². The molecule has 0 aliphatic rings. The molecule has 7 aromatic carbocycles. The highest BCUT2D eigenvalue weighted by atomic mass is 16.3. The Kier molecular flexibility index (Phi) is 7.38. The molecule has 0 radical (unpaired) electrons. The van der Waals surface area contributed by atoms with Crippen LogP contribution >= 0.6 is 0 Å². The maximum absolute atomic E-state index is 6.72. The minimum Gasteiger partial charge on any atom is -0.456 e. The predicted octanol–water partition coefficient (Wildman–Crippen LogP) is 12.6. The van der Waals surface area contributed by atoms with E-state index in [0.29, 0.717) is 17.5 Å². The largest absolute Gasteiger partial charge is 0.456 e. The van der Waals surface area contributed by atoms with Crippen LogP contribution < -0.4 is 0 Å². The van der Waals surface area contributed by atoms with Crippen LogP contribution in [-0.2, 0) is 0 Å². The lowest BCUT2D eigenvalue weighted by atomic mass is 9.96. The number of fused-ring (bicyclic) bond motifs is 6. The van der Waals surface area contributed by atoms with Crippen LogP contribution in [0.25, 0.3) is 106 Å². The van der Waals surface area contributed by atoms with Crippen LogP contribution in [0.1, 0.15) is 0 Å². The standard InChI is InChI=1S/C50H31N5O/c1-5-16-32(17-6-1)35-28-41(50-53-48(33-18-7-2-8-19-33)52-49(54-50)34-20-9-3-10-21-34)47(51-31-35)38-25-15-27-44-46(38)40-29-39-37-24-13-14-26-42(37)55(36-22-11-4-12-23-36)43(39)30-45(40)56-44/h1-31H. The molecule has 4 heterocycles. The summed E-state index contributed by atoms with van der Waals surface area (Å²) in [6, 6.07) is 62.3. The molecule has 6 nitrogen and oxygen atoms in total. The molecule has 0 amide bonds. The zero-order valence-corrected chi connectivity index (χ0v) is 30.0. The van der Waals surface area contributed by atoms with Crippen molar-refractivity contribution in [2.45, 2.75) is 0 Å². The summed E-state index contributed by atoms with van der Waals surface area (Å²) in [5.74, 6) is 1.72. The van der Waals surface area contributed by atoms with E-state index in [9.17, 15) is 0 Å². The molecule has 0 aliphatic carbocycles. The maximum atomic E-state index is 6.72. The van der Waals surface area contributed by atoms with E-state index in [2.05, 4.69) is 89.5 Å². The van der Waals surface area contributed by atoms with Crippen LogP contribution in [0.15, 0.2) is 193 Å². The lowest BCUT2D eigenvalue weighted by Gasteiger charge is -2.14. The zero-order chi connectivity index (χ0) is 37.0. The molecule has 262 valence electrons. The molecule has 0 bridgehead atoms. The van der Waals surface area contributed by atoms with Crippen molar-refractivity contribution in [2.75, 3.05) is 0 Å². The molecule has 0 saturated heterocycles. The number of rotatable bonds is 6. The molecule has 6 heteroatoms. The SMILES string of the molecule is c1ccc(-c2cnc(-c3cccc4oc5cc6c(cc5c34)c3ccccc3n6-c3ccccc3)c(-c3nc(-c4ccccc4)nc(-c4ccccc4)n3)c2)cc1. The number of furan rings is 1. The summed E-state index contributed by atoms with van der Waals surface area (Å²) >= 11 is 0. The number of hydrogen-bond donors (Lipinski definition) is 0. The van der Waals surface area contributed by atoms with Crippen molar-refractivity contribution in [1.29, 1.82) is 0 Å². The van der Waals surface area contributed by atoms with Gasteiger partial charge in [-0.2, -0.15) is 0 Å². The highest BCUT2D eigenvalue weighted by Crippen LogP contribution is 2.43. The van der Waals surface area contributed by atoms with E-state index in [1.54, 1.807) is 0 Å². The Labute approximate surface area is 322 Å². The number of pyridine rings is 1. The van der Waals surface area contributed by atoms with Crippen molar-refractivity contribution >= 4 is 43.7 Å². The van der Waals surface area contributed by atoms with Crippen molar-refractivity contribution < 1.29 is 4.42 Å². The van der Waals surface area contributed by atoms with Crippen LogP contribution in [-0.4, -0.2) is 24.5 Å². The first-order chi connectivity index (χ1) is 27.8. The van der Waals surface area contributed by atoms with Gasteiger partial charge in [-0.25, -0.2) is 15.0 Å². The number of nitrogens with zero attached hydrogens (tertiary/aromatic N) is 5. The van der Waals surface area contributed by atoms with E-state index >= 15 is 0 Å². The summed E-state index contributed by atoms with van der Waals surface area (Å²) in [5, 5.41) is 4.34. The second-order valence-corrected chi connectivity index (χ2v) is 13.9. The van der Waals surface area contributed by atoms with E-state index < -0.39 is 0 Å². The third-order valence-electron chi connectivity index (χ3n) is 10.5. The van der Waals surface area contributed by atoms with Gasteiger partial charge in [-0.1, -0.05) is 140 Å². The second kappa shape index (κ2) is 13.0. The molecule has 56 heavy (non-hydrogen) atoms. The summed E-state index contributed by atoms with van der Waals surface area (Å²) in [4.78, 5) is 20.6. The first-order valence-electron chi connectivity index (χ1n) is 18.6. The van der Waals surface area contributed by atoms with Gasteiger partial charge in [0.2, 0.25) is 0 Å². The van der Waals surface area contributed by atoms with Crippen molar-refractivity contribution in [2.24, 2.45) is 0 Å². The summed E-state index contributed by atoms with van der Waals surface area (Å²) in [5.41, 5.74) is 11.2. The lowest BCUT2D eigenvalue weighted by Crippen LogP contribution is -2.02. The van der Waals surface area contributed by atoms with Crippen LogP contribution in [0.3, 0.4) is 0 Å². The van der Waals surface area contributed by atoms with Gasteiger partial charge in [-0.3, -0.25) is 4.98 Å². The first-order valence-corrected chi connectivity index (χ1v) is 18.6. The Morgan fingerprint density at radius 1 is 0.393 bits per heavy atom. The summed E-state index contributed by atoms with van der Waals surface area (Å²) in [6.07, 6.45) is 1.94. The molecular weight excluding hydrogens is 687 g/mol. The average molecular weight is 718 g/mol. The molecule has 0 N–H and O–H groups in total. The van der Waals surface area contributed by atoms with Crippen molar-refractivity contribution in [3.05, 3.63) is 188 Å². The normalized spacial score (nSPS) is 11.6. The third-order valence-corrected chi connectivity index (χ3v) is 10.5. The number of benzene rings is 7. The fourth-order valence-electron chi connectivity index (χ4n) is 7.91. The molecule has 0 saturated carbocycles. The van der Waals surface area contributed by atoms with Crippen LogP contribution in [0.2, 0.25) is 0 Å². The molecule has 0 unspecified atom stereocenters. The Morgan fingerprint density at radius 3 is 1.70 bits per heavy atom. The predicted molar refractivity (Wildman–Crippen MR) is 226 cm³/mol. The van der Waals surface area contributed by atoms with Gasteiger partial charge in [-0.15, -0.1) is 0 Å². The minimum absolute atomic E-state index is 0.538. The Bertz CT molecular complexity index is 3170. The Morgan fingerprint density at radius 2 is 1.00 bits per heavy atom. The van der Waals surface area contributed by atoms with E-state index in [-0.39, 0.29) is 0 Å². The smallest absolute Gasteiger partial charge is 0.166 e. The van der Waals surface area contributed by atoms with Gasteiger partial charge < -0.3 is 8.98 Å². The molecular formula is C50H31N5O. The number of aromatic nitrogens is 5. The molecule has 0 fully saturated rings. The van der Waals surface area contributed by atoms with Crippen LogP contribution in [0.5, 0.6) is 0 Å². The molecule has 4 aromatic heterocycles. The van der Waals surface area contributed by atoms with Gasteiger partial charge in [0.1, 0.15) is 11.2 Å². The zero-order valence-electron chi connectivity index (χ0n) is 30.0. The van der Waals surface area contributed by atoms with Crippen LogP contribution in [0, 0.1) is 0 Å². The highest BCUT2D eigenvalue weighted by molar-refractivity contribution is 6.20. The molecule has 0 aliphatic heterocycles. The van der Waals surface area contributed by atoms with Gasteiger partial charge in [0, 0.05) is 67.3 Å². The molecule has 11 aromatic rings. The Balaban J connectivity index is 1.19. The first kappa shape index (κ1) is 31.8. The van der Waals surface area contributed by atoms with E-state index in [4.69, 9.17) is 24.4 Å². The summed E-state index contributed by atoms with van der Waals surface area (Å²) < 4.78 is 9.03. The maximum Gasteiger partial charge on any atom is 0.166 e. The van der Waals surface area contributed by atoms with Gasteiger partial charge >= 0.3 is 0 Å². The minimum atomic E-state index is 0.538. The van der Waals surface area contributed by atoms with Crippen LogP contribution in [0.4, 0.5) is 0 Å². The van der Waals surface area contributed by atoms with Crippen molar-refractivity contribution in [1.82, 2.24) is 24.5 Å². The average Bonchev–Trinajstić information content (AvgIpc) is 3.81. The highest BCUT2D eigenvalue weighted by Gasteiger charge is 2.23. The number of hydrogen-bond acceptors (Lipinski definition) is 5. The van der Waals surface area contributed by atoms with E-state index in [0.717, 1.165) is 83.1 Å². The number of para-hydroxylation sites is 2.